The Hall–Kier alpha value is -4.14. The van der Waals surface area contributed by atoms with Gasteiger partial charge in [-0.25, -0.2) is 4.98 Å². The quantitative estimate of drug-likeness (QED) is 0.334. The number of aromatic nitrogens is 4. The van der Waals surface area contributed by atoms with Gasteiger partial charge in [0.15, 0.2) is 5.76 Å². The van der Waals surface area contributed by atoms with Crippen LogP contribution in [0.5, 0.6) is 5.75 Å². The van der Waals surface area contributed by atoms with Crippen molar-refractivity contribution in [3.05, 3.63) is 76.4 Å². The van der Waals surface area contributed by atoms with Crippen molar-refractivity contribution in [2.24, 2.45) is 0 Å². The molecule has 0 unspecified atom stereocenters. The van der Waals surface area contributed by atoms with Crippen LogP contribution >= 0.6 is 0 Å². The van der Waals surface area contributed by atoms with Crippen molar-refractivity contribution < 1.29 is 13.9 Å². The van der Waals surface area contributed by atoms with Gasteiger partial charge in [0.05, 0.1) is 12.9 Å². The number of nitrogens with one attached hydrogen (secondary N) is 2. The highest BCUT2D eigenvalue weighted by Crippen LogP contribution is 2.25. The molecule has 0 spiro atoms. The van der Waals surface area contributed by atoms with Crippen LogP contribution < -0.4 is 15.6 Å². The van der Waals surface area contributed by atoms with Gasteiger partial charge in [0.25, 0.3) is 11.5 Å². The van der Waals surface area contributed by atoms with E-state index in [0.29, 0.717) is 47.3 Å². The first-order chi connectivity index (χ1) is 16.6. The first-order valence-corrected chi connectivity index (χ1v) is 11.4. The number of hydrogen-bond donors (Lipinski definition) is 2. The van der Waals surface area contributed by atoms with E-state index < -0.39 is 0 Å². The van der Waals surface area contributed by atoms with Gasteiger partial charge in [-0.05, 0) is 49.2 Å². The van der Waals surface area contributed by atoms with E-state index in [-0.39, 0.29) is 17.4 Å². The van der Waals surface area contributed by atoms with Gasteiger partial charge in [-0.1, -0.05) is 26.7 Å². The lowest BCUT2D eigenvalue weighted by Crippen LogP contribution is -2.19. The number of carbonyl (C=O) groups excluding carboxylic acids is 1. The number of amides is 1. The second-order valence-electron chi connectivity index (χ2n) is 7.79. The van der Waals surface area contributed by atoms with Crippen LogP contribution in [-0.2, 0) is 6.42 Å². The predicted molar refractivity (Wildman–Crippen MR) is 128 cm³/mol. The Kier molecular flexibility index (Phi) is 7.22. The zero-order valence-corrected chi connectivity index (χ0v) is 19.2. The van der Waals surface area contributed by atoms with Crippen molar-refractivity contribution in [3.63, 3.8) is 0 Å². The Morgan fingerprint density at radius 3 is 2.68 bits per heavy atom. The lowest BCUT2D eigenvalue weighted by Gasteiger charge is -2.10. The molecule has 0 aliphatic heterocycles. The monoisotopic (exact) mass is 461 g/mol. The summed E-state index contributed by atoms with van der Waals surface area (Å²) in [6.45, 7) is 4.75. The Labute approximate surface area is 196 Å². The smallest absolute Gasteiger partial charge is 0.256 e. The van der Waals surface area contributed by atoms with Crippen LogP contribution in [-0.4, -0.2) is 32.3 Å². The topological polar surface area (TPSA) is 115 Å². The maximum atomic E-state index is 13.0. The van der Waals surface area contributed by atoms with Crippen LogP contribution in [0.4, 0.5) is 5.82 Å². The lowest BCUT2D eigenvalue weighted by molar-refractivity contribution is 0.102. The van der Waals surface area contributed by atoms with Crippen molar-refractivity contribution in [1.29, 1.82) is 0 Å². The van der Waals surface area contributed by atoms with E-state index in [1.54, 1.807) is 48.7 Å². The molecule has 0 fully saturated rings. The molecule has 176 valence electrons. The molecular weight excluding hydrogens is 434 g/mol. The predicted octanol–water partition coefficient (Wildman–Crippen LogP) is 4.60. The molecule has 0 atom stereocenters. The summed E-state index contributed by atoms with van der Waals surface area (Å²) >= 11 is 0. The molecule has 0 radical (unpaired) electrons. The molecule has 4 aromatic rings. The van der Waals surface area contributed by atoms with Gasteiger partial charge in [-0.3, -0.25) is 14.6 Å². The van der Waals surface area contributed by atoms with E-state index in [2.05, 4.69) is 27.3 Å². The first-order valence-electron chi connectivity index (χ1n) is 11.4. The van der Waals surface area contributed by atoms with Gasteiger partial charge in [0.2, 0.25) is 5.95 Å². The molecule has 1 amide bonds. The van der Waals surface area contributed by atoms with Crippen LogP contribution in [0.25, 0.3) is 17.4 Å². The Bertz CT molecular complexity index is 1290. The minimum atomic E-state index is -0.334. The highest BCUT2D eigenvalue weighted by molar-refractivity contribution is 6.04. The third-order valence-electron chi connectivity index (χ3n) is 5.10. The molecule has 9 nitrogen and oxygen atoms in total. The van der Waals surface area contributed by atoms with Crippen molar-refractivity contribution in [2.45, 2.75) is 39.5 Å². The van der Waals surface area contributed by atoms with Crippen molar-refractivity contribution >= 4 is 11.7 Å². The maximum absolute atomic E-state index is 13.0. The summed E-state index contributed by atoms with van der Waals surface area (Å²) < 4.78 is 12.5. The normalized spacial score (nSPS) is 10.9. The summed E-state index contributed by atoms with van der Waals surface area (Å²) in [6, 6.07) is 13.6. The summed E-state index contributed by atoms with van der Waals surface area (Å²) in [5.41, 5.74) is 1.30. The number of carbonyl (C=O) groups is 1. The SMILES string of the molecule is CCCCOc1ccc(C(=O)Nc2cc(-c3ccco3)nn2-c2nc(CCC)cc(=O)[nH]2)cc1. The zero-order chi connectivity index (χ0) is 23.9. The number of furan rings is 1. The molecule has 3 aromatic heterocycles. The molecule has 0 bridgehead atoms. The van der Waals surface area contributed by atoms with E-state index in [0.717, 1.165) is 19.3 Å². The summed E-state index contributed by atoms with van der Waals surface area (Å²) in [4.78, 5) is 32.4. The standard InChI is InChI=1S/C25H27N5O4/c1-3-5-13-33-19-11-9-17(10-12-19)24(32)27-22-16-20(21-8-6-14-34-21)29-30(22)25-26-18(7-4-2)15-23(31)28-25/h6,8-12,14-16H,3-5,7,13H2,1-2H3,(H,27,32)(H,26,28,31). The number of benzene rings is 1. The van der Waals surface area contributed by atoms with Crippen molar-refractivity contribution in [2.75, 3.05) is 11.9 Å². The lowest BCUT2D eigenvalue weighted by atomic mass is 10.2. The largest absolute Gasteiger partial charge is 0.494 e. The van der Waals surface area contributed by atoms with Crippen molar-refractivity contribution in [3.8, 4) is 23.2 Å². The number of aromatic amines is 1. The van der Waals surface area contributed by atoms with Gasteiger partial charge in [0.1, 0.15) is 17.3 Å². The zero-order valence-electron chi connectivity index (χ0n) is 19.2. The van der Waals surface area contributed by atoms with Crippen LogP contribution in [0.1, 0.15) is 49.2 Å². The third kappa shape index (κ3) is 5.43. The minimum Gasteiger partial charge on any atom is -0.494 e. The van der Waals surface area contributed by atoms with Gasteiger partial charge in [-0.15, -0.1) is 0 Å². The minimum absolute atomic E-state index is 0.212. The molecule has 0 saturated carbocycles. The third-order valence-corrected chi connectivity index (χ3v) is 5.10. The van der Waals surface area contributed by atoms with Gasteiger partial charge in [0, 0.05) is 23.4 Å². The van der Waals surface area contributed by atoms with Crippen LogP contribution in [0.3, 0.4) is 0 Å². The van der Waals surface area contributed by atoms with Crippen LogP contribution in [0, 0.1) is 0 Å². The Morgan fingerprint density at radius 1 is 1.15 bits per heavy atom. The average molecular weight is 462 g/mol. The van der Waals surface area contributed by atoms with Crippen molar-refractivity contribution in [1.82, 2.24) is 19.7 Å². The van der Waals surface area contributed by atoms with Gasteiger partial charge in [-0.2, -0.15) is 9.78 Å². The van der Waals surface area contributed by atoms with E-state index in [4.69, 9.17) is 9.15 Å². The molecule has 3 heterocycles. The molecule has 0 aliphatic rings. The van der Waals surface area contributed by atoms with E-state index in [1.807, 2.05) is 6.92 Å². The molecule has 0 saturated heterocycles. The van der Waals surface area contributed by atoms with E-state index in [9.17, 15) is 9.59 Å². The summed E-state index contributed by atoms with van der Waals surface area (Å²) in [5, 5.41) is 7.39. The molecule has 0 aliphatic carbocycles. The van der Waals surface area contributed by atoms with E-state index >= 15 is 0 Å². The number of rotatable bonds is 10. The molecular formula is C25H27N5O4. The fourth-order valence-corrected chi connectivity index (χ4v) is 3.38. The number of nitrogens with zero attached hydrogens (tertiary/aromatic N) is 3. The maximum Gasteiger partial charge on any atom is 0.256 e. The van der Waals surface area contributed by atoms with Crippen LogP contribution in [0.15, 0.2) is 64.0 Å². The summed E-state index contributed by atoms with van der Waals surface area (Å²) in [5.74, 6) is 1.46. The molecule has 1 aromatic carbocycles. The number of unbranched alkanes of at least 4 members (excludes halogenated alkanes) is 1. The summed E-state index contributed by atoms with van der Waals surface area (Å²) in [6.07, 6.45) is 5.06. The second-order valence-corrected chi connectivity index (χ2v) is 7.79. The Balaban J connectivity index is 1.63. The fourth-order valence-electron chi connectivity index (χ4n) is 3.38. The van der Waals surface area contributed by atoms with E-state index in [1.165, 1.54) is 10.7 Å². The number of hydrogen-bond acceptors (Lipinski definition) is 6. The fraction of sp³-hybridized carbons (Fsp3) is 0.280. The second kappa shape index (κ2) is 10.7. The van der Waals surface area contributed by atoms with Gasteiger partial charge < -0.3 is 14.5 Å². The number of aryl methyl sites for hydroxylation is 1. The molecule has 2 N–H and O–H groups in total. The number of anilines is 1. The van der Waals surface area contributed by atoms with Gasteiger partial charge >= 0.3 is 0 Å². The first kappa shape index (κ1) is 23.0. The number of H-pyrrole nitrogens is 1. The highest BCUT2D eigenvalue weighted by atomic mass is 16.5. The average Bonchev–Trinajstić information content (AvgIpc) is 3.50. The molecule has 34 heavy (non-hydrogen) atoms. The number of ether oxygens (including phenoxy) is 1. The Morgan fingerprint density at radius 2 is 1.97 bits per heavy atom. The van der Waals surface area contributed by atoms with Crippen LogP contribution in [0.2, 0.25) is 0 Å². The molecule has 9 heteroatoms. The molecule has 4 rings (SSSR count). The summed E-state index contributed by atoms with van der Waals surface area (Å²) in [7, 11) is 0. The highest BCUT2D eigenvalue weighted by Gasteiger charge is 2.18.